The van der Waals surface area contributed by atoms with Crippen molar-refractivity contribution in [2.45, 2.75) is 44.2 Å². The van der Waals surface area contributed by atoms with Crippen LogP contribution in [0.4, 0.5) is 5.82 Å². The first kappa shape index (κ1) is 19.9. The van der Waals surface area contributed by atoms with Crippen LogP contribution >= 0.6 is 24.8 Å². The van der Waals surface area contributed by atoms with Crippen LogP contribution < -0.4 is 15.5 Å². The van der Waals surface area contributed by atoms with E-state index in [1.54, 1.807) is 6.20 Å². The predicted molar refractivity (Wildman–Crippen MR) is 95.5 cm³/mol. The van der Waals surface area contributed by atoms with E-state index < -0.39 is 0 Å². The number of anilines is 1. The number of nitrogens with one attached hydrogen (secondary N) is 2. The average molecular weight is 362 g/mol. The number of carbonyl (C=O) groups is 1. The van der Waals surface area contributed by atoms with E-state index in [0.29, 0.717) is 12.6 Å². The minimum Gasteiger partial charge on any atom is -0.353 e. The predicted octanol–water partition coefficient (Wildman–Crippen LogP) is 1.55. The maximum Gasteiger partial charge on any atom is 0.237 e. The van der Waals surface area contributed by atoms with Gasteiger partial charge in [0.05, 0.1) is 6.04 Å². The fourth-order valence-electron chi connectivity index (χ4n) is 3.21. The second-order valence-electron chi connectivity index (χ2n) is 5.82. The summed E-state index contributed by atoms with van der Waals surface area (Å²) in [5.74, 6) is 1.05. The van der Waals surface area contributed by atoms with Crippen LogP contribution in [-0.4, -0.2) is 47.8 Å². The van der Waals surface area contributed by atoms with E-state index in [1.165, 1.54) is 6.42 Å². The zero-order chi connectivity index (χ0) is 14.5. The molecule has 0 aromatic carbocycles. The van der Waals surface area contributed by atoms with Crippen molar-refractivity contribution in [2.75, 3.05) is 24.5 Å². The summed E-state index contributed by atoms with van der Waals surface area (Å²) in [4.78, 5) is 14.4. The Morgan fingerprint density at radius 2 is 2.17 bits per heavy atom. The van der Waals surface area contributed by atoms with Gasteiger partial charge in [0.2, 0.25) is 5.91 Å². The summed E-state index contributed by atoms with van der Waals surface area (Å²) in [5.41, 5.74) is 0. The molecule has 0 spiro atoms. The van der Waals surface area contributed by atoms with Crippen molar-refractivity contribution >= 4 is 36.5 Å². The molecule has 130 valence electrons. The van der Waals surface area contributed by atoms with Gasteiger partial charge in [-0.05, 0) is 44.4 Å². The maximum atomic E-state index is 12.2. The molecule has 6 nitrogen and oxygen atoms in total. The molecule has 2 aliphatic rings. The van der Waals surface area contributed by atoms with E-state index >= 15 is 0 Å². The molecule has 1 unspecified atom stereocenters. The molecule has 2 fully saturated rings. The zero-order valence-electron chi connectivity index (χ0n) is 13.1. The number of rotatable bonds is 4. The van der Waals surface area contributed by atoms with Gasteiger partial charge in [0.1, 0.15) is 0 Å². The molecule has 0 aliphatic carbocycles. The Morgan fingerprint density at radius 3 is 2.87 bits per heavy atom. The Morgan fingerprint density at radius 1 is 1.30 bits per heavy atom. The molecule has 0 saturated carbocycles. The molecule has 2 aliphatic heterocycles. The second-order valence-corrected chi connectivity index (χ2v) is 5.82. The minimum absolute atomic E-state index is 0. The Hall–Kier alpha value is -1.11. The Balaban J connectivity index is 0.00000132. The minimum atomic E-state index is -0.00915. The lowest BCUT2D eigenvalue weighted by Crippen LogP contribution is -2.49. The molecular weight excluding hydrogens is 337 g/mol. The molecular formula is C15H25Cl2N5O. The van der Waals surface area contributed by atoms with Crippen molar-refractivity contribution in [3.63, 3.8) is 0 Å². The summed E-state index contributed by atoms with van der Waals surface area (Å²) in [6.45, 7) is 2.63. The molecule has 1 aromatic heterocycles. The van der Waals surface area contributed by atoms with Gasteiger partial charge in [0.15, 0.2) is 5.82 Å². The molecule has 0 bridgehead atoms. The van der Waals surface area contributed by atoms with Crippen LogP contribution in [0.3, 0.4) is 0 Å². The number of aromatic nitrogens is 2. The fourth-order valence-corrected chi connectivity index (χ4v) is 3.21. The molecule has 8 heteroatoms. The topological polar surface area (TPSA) is 70.2 Å². The molecule has 23 heavy (non-hydrogen) atoms. The summed E-state index contributed by atoms with van der Waals surface area (Å²) >= 11 is 0. The first-order valence-corrected chi connectivity index (χ1v) is 7.90. The van der Waals surface area contributed by atoms with Gasteiger partial charge in [-0.1, -0.05) is 6.42 Å². The van der Waals surface area contributed by atoms with E-state index in [9.17, 15) is 4.79 Å². The smallest absolute Gasteiger partial charge is 0.237 e. The molecule has 3 rings (SSSR count). The Kier molecular flexibility index (Phi) is 8.58. The number of halogens is 2. The van der Waals surface area contributed by atoms with Gasteiger partial charge in [-0.15, -0.1) is 29.9 Å². The molecule has 3 heterocycles. The van der Waals surface area contributed by atoms with Crippen molar-refractivity contribution in [1.29, 1.82) is 0 Å². The molecule has 1 amide bonds. The first-order chi connectivity index (χ1) is 10.3. The highest BCUT2D eigenvalue weighted by atomic mass is 35.5. The van der Waals surface area contributed by atoms with Gasteiger partial charge in [0, 0.05) is 25.3 Å². The molecule has 2 saturated heterocycles. The highest BCUT2D eigenvalue weighted by Crippen LogP contribution is 2.22. The molecule has 1 aromatic rings. The molecule has 2 atom stereocenters. The lowest BCUT2D eigenvalue weighted by Gasteiger charge is -2.27. The van der Waals surface area contributed by atoms with Crippen molar-refractivity contribution in [3.05, 3.63) is 18.3 Å². The molecule has 0 radical (unpaired) electrons. The number of carbonyl (C=O) groups excluding carboxylic acids is 1. The lowest BCUT2D eigenvalue weighted by molar-refractivity contribution is -0.123. The van der Waals surface area contributed by atoms with Gasteiger partial charge in [-0.2, -0.15) is 5.10 Å². The monoisotopic (exact) mass is 361 g/mol. The van der Waals surface area contributed by atoms with Crippen molar-refractivity contribution in [2.24, 2.45) is 0 Å². The fraction of sp³-hybridized carbons (Fsp3) is 0.667. The third-order valence-electron chi connectivity index (χ3n) is 4.37. The summed E-state index contributed by atoms with van der Waals surface area (Å²) < 4.78 is 0. The van der Waals surface area contributed by atoms with Gasteiger partial charge in [0.25, 0.3) is 0 Å². The third kappa shape index (κ3) is 5.19. The highest BCUT2D eigenvalue weighted by molar-refractivity contribution is 5.85. The zero-order valence-corrected chi connectivity index (χ0v) is 14.7. The molecule has 2 N–H and O–H groups in total. The van der Waals surface area contributed by atoms with Crippen LogP contribution in [0, 0.1) is 0 Å². The summed E-state index contributed by atoms with van der Waals surface area (Å²) in [5, 5.41) is 14.5. The Bertz CT molecular complexity index is 470. The van der Waals surface area contributed by atoms with Gasteiger partial charge in [-0.3, -0.25) is 4.79 Å². The standard InChI is InChI=1S/C15H23N5O.2ClH/c21-15(13-6-1-2-8-16-13)17-11-12-5-4-10-20(12)14-7-3-9-18-19-14;;/h3,7,9,12-13,16H,1-2,4-6,8,10-11H2,(H,17,21);2*1H/t12?,13-;;/m1../s1. The number of hydrogen-bond acceptors (Lipinski definition) is 5. The van der Waals surface area contributed by atoms with E-state index in [2.05, 4.69) is 25.7 Å². The van der Waals surface area contributed by atoms with Crippen LogP contribution in [0.2, 0.25) is 0 Å². The summed E-state index contributed by atoms with van der Waals surface area (Å²) in [6, 6.07) is 4.21. The van der Waals surface area contributed by atoms with E-state index in [1.807, 2.05) is 12.1 Å². The van der Waals surface area contributed by atoms with Crippen molar-refractivity contribution in [3.8, 4) is 0 Å². The third-order valence-corrected chi connectivity index (χ3v) is 4.37. The van der Waals surface area contributed by atoms with Gasteiger partial charge >= 0.3 is 0 Å². The first-order valence-electron chi connectivity index (χ1n) is 7.90. The van der Waals surface area contributed by atoms with Crippen LogP contribution in [-0.2, 0) is 4.79 Å². The average Bonchev–Trinajstić information content (AvgIpc) is 3.03. The largest absolute Gasteiger partial charge is 0.353 e. The van der Waals surface area contributed by atoms with Crippen LogP contribution in [0.15, 0.2) is 18.3 Å². The quantitative estimate of drug-likeness (QED) is 0.851. The number of nitrogens with zero attached hydrogens (tertiary/aromatic N) is 3. The number of amides is 1. The number of piperidine rings is 1. The van der Waals surface area contributed by atoms with Gasteiger partial charge in [-0.25, -0.2) is 0 Å². The normalized spacial score (nSPS) is 23.6. The SMILES string of the molecule is Cl.Cl.O=C(NCC1CCCN1c1cccnn1)[C@H]1CCCCN1. The Labute approximate surface area is 149 Å². The highest BCUT2D eigenvalue weighted by Gasteiger charge is 2.27. The number of hydrogen-bond donors (Lipinski definition) is 2. The van der Waals surface area contributed by atoms with Crippen molar-refractivity contribution in [1.82, 2.24) is 20.8 Å². The lowest BCUT2D eigenvalue weighted by atomic mass is 10.0. The van der Waals surface area contributed by atoms with E-state index in [-0.39, 0.29) is 36.8 Å². The van der Waals surface area contributed by atoms with Crippen LogP contribution in [0.25, 0.3) is 0 Å². The van der Waals surface area contributed by atoms with E-state index in [4.69, 9.17) is 0 Å². The van der Waals surface area contributed by atoms with E-state index in [0.717, 1.165) is 44.6 Å². The second kappa shape index (κ2) is 9.90. The van der Waals surface area contributed by atoms with Crippen LogP contribution in [0.1, 0.15) is 32.1 Å². The van der Waals surface area contributed by atoms with Crippen LogP contribution in [0.5, 0.6) is 0 Å². The van der Waals surface area contributed by atoms with Gasteiger partial charge < -0.3 is 15.5 Å². The summed E-state index contributed by atoms with van der Waals surface area (Å²) in [6.07, 6.45) is 7.18. The maximum absolute atomic E-state index is 12.2. The summed E-state index contributed by atoms with van der Waals surface area (Å²) in [7, 11) is 0. The van der Waals surface area contributed by atoms with Crippen molar-refractivity contribution < 1.29 is 4.79 Å².